The zero-order valence-electron chi connectivity index (χ0n) is 19.1. The maximum Gasteiger partial charge on any atom is 0.243 e. The maximum atomic E-state index is 12.7. The quantitative estimate of drug-likeness (QED) is 0.371. The van der Waals surface area contributed by atoms with Crippen molar-refractivity contribution in [1.29, 1.82) is 0 Å². The molecule has 0 bridgehead atoms. The van der Waals surface area contributed by atoms with Gasteiger partial charge in [0, 0.05) is 24.7 Å². The van der Waals surface area contributed by atoms with Crippen LogP contribution >= 0.6 is 23.2 Å². The van der Waals surface area contributed by atoms with Crippen LogP contribution in [0.5, 0.6) is 11.5 Å². The molecule has 0 saturated carbocycles. The third kappa shape index (κ3) is 6.18. The van der Waals surface area contributed by atoms with Gasteiger partial charge in [0.15, 0.2) is 11.5 Å². The number of benzene rings is 3. The highest BCUT2D eigenvalue weighted by Crippen LogP contribution is 2.32. The van der Waals surface area contributed by atoms with E-state index < -0.39 is 5.92 Å². The van der Waals surface area contributed by atoms with Gasteiger partial charge < -0.3 is 14.4 Å². The number of anilines is 2. The fraction of sp³-hybridized carbons (Fsp3) is 0.231. The second-order valence-electron chi connectivity index (χ2n) is 7.99. The van der Waals surface area contributed by atoms with Crippen molar-refractivity contribution in [3.05, 3.63) is 82.3 Å². The second-order valence-corrected chi connectivity index (χ2v) is 8.80. The number of rotatable bonds is 9. The van der Waals surface area contributed by atoms with Crippen LogP contribution in [-0.4, -0.2) is 25.0 Å². The van der Waals surface area contributed by atoms with E-state index in [1.807, 2.05) is 43.3 Å². The largest absolute Gasteiger partial charge is 0.490 e. The van der Waals surface area contributed by atoms with Crippen LogP contribution < -0.4 is 25.2 Å². The number of nitrogens with one attached hydrogen (secondary N) is 2. The van der Waals surface area contributed by atoms with E-state index in [-0.39, 0.29) is 24.8 Å². The molecule has 0 spiro atoms. The van der Waals surface area contributed by atoms with E-state index in [0.717, 1.165) is 11.3 Å². The topological polar surface area (TPSA) is 79.9 Å². The molecular formula is C26H25Cl2N3O4. The molecule has 1 fully saturated rings. The summed E-state index contributed by atoms with van der Waals surface area (Å²) in [6, 6.07) is 19.9. The SMILES string of the molecule is CCOc1cc(NNC(=O)[C@H]2CC(=O)N(c3ccccc3)C2)ccc1OCc1ccc(Cl)c(Cl)c1. The van der Waals surface area contributed by atoms with E-state index in [4.69, 9.17) is 32.7 Å². The lowest BCUT2D eigenvalue weighted by molar-refractivity contribution is -0.125. The Balaban J connectivity index is 1.36. The van der Waals surface area contributed by atoms with Crippen LogP contribution in [0, 0.1) is 5.92 Å². The van der Waals surface area contributed by atoms with Gasteiger partial charge in [0.05, 0.1) is 28.3 Å². The molecule has 1 atom stereocenters. The predicted octanol–water partition coefficient (Wildman–Crippen LogP) is 5.47. The lowest BCUT2D eigenvalue weighted by Gasteiger charge is -2.17. The number of hydrogen-bond donors (Lipinski definition) is 2. The van der Waals surface area contributed by atoms with E-state index in [2.05, 4.69) is 10.9 Å². The van der Waals surface area contributed by atoms with Crippen molar-refractivity contribution in [3.8, 4) is 11.5 Å². The van der Waals surface area contributed by atoms with E-state index in [9.17, 15) is 9.59 Å². The molecule has 182 valence electrons. The smallest absolute Gasteiger partial charge is 0.243 e. The lowest BCUT2D eigenvalue weighted by Crippen LogP contribution is -2.36. The number of hydrazine groups is 1. The predicted molar refractivity (Wildman–Crippen MR) is 137 cm³/mol. The van der Waals surface area contributed by atoms with Crippen LogP contribution in [0.15, 0.2) is 66.7 Å². The standard InChI is InChI=1S/C26H25Cl2N3O4/c1-2-34-24-14-19(9-11-23(24)35-16-17-8-10-21(27)22(28)12-17)29-30-26(33)18-13-25(32)31(15-18)20-6-4-3-5-7-20/h3-12,14,18,29H,2,13,15-16H2,1H3,(H,30,33)/t18-/m0/s1. The summed E-state index contributed by atoms with van der Waals surface area (Å²) in [5.74, 6) is 0.302. The van der Waals surface area contributed by atoms with Gasteiger partial charge in [0.25, 0.3) is 0 Å². The van der Waals surface area contributed by atoms with Crippen molar-refractivity contribution >= 4 is 46.4 Å². The van der Waals surface area contributed by atoms with Crippen molar-refractivity contribution < 1.29 is 19.1 Å². The Kier molecular flexibility index (Phi) is 8.00. The molecule has 0 aromatic heterocycles. The summed E-state index contributed by atoms with van der Waals surface area (Å²) in [5, 5.41) is 0.946. The minimum absolute atomic E-state index is 0.0709. The highest BCUT2D eigenvalue weighted by atomic mass is 35.5. The summed E-state index contributed by atoms with van der Waals surface area (Å²) >= 11 is 12.0. The van der Waals surface area contributed by atoms with E-state index in [1.165, 1.54) is 0 Å². The van der Waals surface area contributed by atoms with Gasteiger partial charge >= 0.3 is 0 Å². The van der Waals surface area contributed by atoms with E-state index >= 15 is 0 Å². The van der Waals surface area contributed by atoms with Crippen molar-refractivity contribution in [3.63, 3.8) is 0 Å². The van der Waals surface area contributed by atoms with E-state index in [0.29, 0.717) is 40.4 Å². The van der Waals surface area contributed by atoms with Crippen molar-refractivity contribution in [2.45, 2.75) is 20.0 Å². The average molecular weight is 514 g/mol. The van der Waals surface area contributed by atoms with Crippen molar-refractivity contribution in [1.82, 2.24) is 5.43 Å². The van der Waals surface area contributed by atoms with Gasteiger partial charge in [-0.25, -0.2) is 0 Å². The summed E-state index contributed by atoms with van der Waals surface area (Å²) in [4.78, 5) is 26.7. The first-order valence-corrected chi connectivity index (χ1v) is 11.9. The summed E-state index contributed by atoms with van der Waals surface area (Å²) in [6.45, 7) is 2.94. The van der Waals surface area contributed by atoms with Crippen LogP contribution in [0.2, 0.25) is 10.0 Å². The molecule has 4 rings (SSSR count). The Morgan fingerprint density at radius 3 is 2.54 bits per heavy atom. The minimum Gasteiger partial charge on any atom is -0.490 e. The Hall–Kier alpha value is -3.42. The van der Waals surface area contributed by atoms with Crippen LogP contribution in [0.25, 0.3) is 0 Å². The van der Waals surface area contributed by atoms with Gasteiger partial charge in [-0.1, -0.05) is 47.5 Å². The second kappa shape index (κ2) is 11.3. The minimum atomic E-state index is -0.449. The summed E-state index contributed by atoms with van der Waals surface area (Å²) in [6.07, 6.45) is 0.161. The molecule has 0 radical (unpaired) electrons. The Bertz CT molecular complexity index is 1210. The first kappa shape index (κ1) is 24.7. The van der Waals surface area contributed by atoms with Crippen LogP contribution in [0.1, 0.15) is 18.9 Å². The first-order valence-electron chi connectivity index (χ1n) is 11.2. The number of hydrogen-bond acceptors (Lipinski definition) is 5. The summed E-state index contributed by atoms with van der Waals surface area (Å²) in [5.41, 5.74) is 7.88. The molecule has 3 aromatic rings. The molecule has 7 nitrogen and oxygen atoms in total. The highest BCUT2D eigenvalue weighted by molar-refractivity contribution is 6.42. The van der Waals surface area contributed by atoms with Gasteiger partial charge in [-0.2, -0.15) is 0 Å². The molecule has 35 heavy (non-hydrogen) atoms. The zero-order valence-corrected chi connectivity index (χ0v) is 20.6. The van der Waals surface area contributed by atoms with Crippen LogP contribution in [0.4, 0.5) is 11.4 Å². The zero-order chi connectivity index (χ0) is 24.8. The maximum absolute atomic E-state index is 12.7. The Morgan fingerprint density at radius 2 is 1.80 bits per heavy atom. The van der Waals surface area contributed by atoms with E-state index in [1.54, 1.807) is 35.2 Å². The van der Waals surface area contributed by atoms with Crippen molar-refractivity contribution in [2.24, 2.45) is 5.92 Å². The fourth-order valence-electron chi connectivity index (χ4n) is 3.74. The molecule has 1 heterocycles. The number of para-hydroxylation sites is 1. The normalized spacial score (nSPS) is 15.1. The molecule has 2 amide bonds. The van der Waals surface area contributed by atoms with Gasteiger partial charge in [0.1, 0.15) is 6.61 Å². The third-order valence-electron chi connectivity index (χ3n) is 5.52. The molecule has 1 saturated heterocycles. The average Bonchev–Trinajstić information content (AvgIpc) is 3.26. The molecule has 0 unspecified atom stereocenters. The van der Waals surface area contributed by atoms with Gasteiger partial charge in [-0.15, -0.1) is 0 Å². The highest BCUT2D eigenvalue weighted by Gasteiger charge is 2.35. The lowest BCUT2D eigenvalue weighted by atomic mass is 10.1. The van der Waals surface area contributed by atoms with Crippen LogP contribution in [0.3, 0.4) is 0 Å². The Labute approximate surface area is 213 Å². The molecule has 9 heteroatoms. The number of amides is 2. The number of ether oxygens (including phenoxy) is 2. The van der Waals surface area contributed by atoms with Gasteiger partial charge in [-0.3, -0.25) is 20.4 Å². The van der Waals surface area contributed by atoms with Gasteiger partial charge in [0.2, 0.25) is 11.8 Å². The number of halogens is 2. The fourth-order valence-corrected chi connectivity index (χ4v) is 4.06. The summed E-state index contributed by atoms with van der Waals surface area (Å²) < 4.78 is 11.6. The molecular weight excluding hydrogens is 489 g/mol. The molecule has 1 aliphatic rings. The number of nitrogens with zero attached hydrogens (tertiary/aromatic N) is 1. The third-order valence-corrected chi connectivity index (χ3v) is 6.25. The first-order chi connectivity index (χ1) is 16.9. The molecule has 3 aromatic carbocycles. The summed E-state index contributed by atoms with van der Waals surface area (Å²) in [7, 11) is 0. The monoisotopic (exact) mass is 513 g/mol. The number of carbonyl (C=O) groups is 2. The van der Waals surface area contributed by atoms with Crippen LogP contribution in [-0.2, 0) is 16.2 Å². The van der Waals surface area contributed by atoms with Crippen molar-refractivity contribution in [2.75, 3.05) is 23.5 Å². The Morgan fingerprint density at radius 1 is 1.00 bits per heavy atom. The molecule has 1 aliphatic heterocycles. The van der Waals surface area contributed by atoms with Gasteiger partial charge in [-0.05, 0) is 48.9 Å². The number of carbonyl (C=O) groups excluding carboxylic acids is 2. The molecule has 0 aliphatic carbocycles. The molecule has 2 N–H and O–H groups in total.